The maximum absolute atomic E-state index is 12.9. The number of nitrogens with zero attached hydrogens (tertiary/aromatic N) is 1. The summed E-state index contributed by atoms with van der Waals surface area (Å²) in [5, 5.41) is 12.7. The number of aliphatic hydroxyl groups is 1. The fraction of sp³-hybridized carbons (Fsp3) is 0.650. The van der Waals surface area contributed by atoms with Gasteiger partial charge in [-0.15, -0.1) is 0 Å². The molecule has 4 heteroatoms. The van der Waals surface area contributed by atoms with Crippen molar-refractivity contribution in [2.24, 2.45) is 0 Å². The smallest absolute Gasteiger partial charge is 0.230 e. The molecule has 1 saturated heterocycles. The Kier molecular flexibility index (Phi) is 7.25. The van der Waals surface area contributed by atoms with Crippen molar-refractivity contribution >= 4 is 5.91 Å². The standard InChI is InChI=1S/C20H32N2O2/c1-3-20(4-2,17-9-6-5-7-10-17)19(24)21-13-8-14-22-15-11-18(23)12-16-22/h5-7,9-10,18,23H,3-4,8,11-16H2,1-2H3,(H,21,24). The average molecular weight is 332 g/mol. The van der Waals surface area contributed by atoms with Crippen LogP contribution in [0, 0.1) is 0 Å². The Balaban J connectivity index is 1.83. The van der Waals surface area contributed by atoms with Crippen LogP contribution in [0.15, 0.2) is 30.3 Å². The number of likely N-dealkylation sites (tertiary alicyclic amines) is 1. The van der Waals surface area contributed by atoms with E-state index in [-0.39, 0.29) is 12.0 Å². The zero-order chi connectivity index (χ0) is 17.4. The van der Waals surface area contributed by atoms with Crippen LogP contribution in [0.1, 0.15) is 51.5 Å². The van der Waals surface area contributed by atoms with Gasteiger partial charge in [0, 0.05) is 19.6 Å². The number of rotatable bonds is 8. The van der Waals surface area contributed by atoms with Gasteiger partial charge in [-0.3, -0.25) is 4.79 Å². The predicted molar refractivity (Wildman–Crippen MR) is 98.0 cm³/mol. The highest BCUT2D eigenvalue weighted by Crippen LogP contribution is 2.31. The lowest BCUT2D eigenvalue weighted by Crippen LogP contribution is -2.45. The number of nitrogens with one attached hydrogen (secondary N) is 1. The molecular weight excluding hydrogens is 300 g/mol. The SMILES string of the molecule is CCC(CC)(C(=O)NCCCN1CCC(O)CC1)c1ccccc1. The van der Waals surface area contributed by atoms with Crippen molar-refractivity contribution in [2.45, 2.75) is 57.5 Å². The molecule has 1 aromatic carbocycles. The van der Waals surface area contributed by atoms with Crippen LogP contribution in [-0.2, 0) is 10.2 Å². The quantitative estimate of drug-likeness (QED) is 0.720. The minimum absolute atomic E-state index is 0.124. The molecule has 1 amide bonds. The number of hydrogen-bond acceptors (Lipinski definition) is 3. The van der Waals surface area contributed by atoms with Gasteiger partial charge in [0.15, 0.2) is 0 Å². The van der Waals surface area contributed by atoms with Crippen molar-refractivity contribution in [3.05, 3.63) is 35.9 Å². The predicted octanol–water partition coefficient (Wildman–Crippen LogP) is 2.71. The molecule has 2 N–H and O–H groups in total. The molecule has 1 aliphatic rings. The molecule has 0 aromatic heterocycles. The summed E-state index contributed by atoms with van der Waals surface area (Å²) in [6.07, 6.45) is 4.19. The second-order valence-corrected chi connectivity index (χ2v) is 6.84. The van der Waals surface area contributed by atoms with Crippen molar-refractivity contribution in [3.8, 4) is 0 Å². The first kappa shape index (κ1) is 18.9. The first-order valence-electron chi connectivity index (χ1n) is 9.36. The number of hydrogen-bond donors (Lipinski definition) is 2. The topological polar surface area (TPSA) is 52.6 Å². The van der Waals surface area contributed by atoms with Crippen LogP contribution in [0.4, 0.5) is 0 Å². The first-order chi connectivity index (χ1) is 11.6. The Morgan fingerprint density at radius 3 is 2.42 bits per heavy atom. The van der Waals surface area contributed by atoms with Crippen LogP contribution in [0.5, 0.6) is 0 Å². The van der Waals surface area contributed by atoms with E-state index in [1.165, 1.54) is 0 Å². The van der Waals surface area contributed by atoms with Crippen LogP contribution in [0.2, 0.25) is 0 Å². The molecule has 4 nitrogen and oxygen atoms in total. The maximum Gasteiger partial charge on any atom is 0.230 e. The number of aliphatic hydroxyl groups excluding tert-OH is 1. The zero-order valence-corrected chi connectivity index (χ0v) is 15.1. The zero-order valence-electron chi connectivity index (χ0n) is 15.1. The Labute approximate surface area is 146 Å². The Hall–Kier alpha value is -1.39. The average Bonchev–Trinajstić information content (AvgIpc) is 2.63. The van der Waals surface area contributed by atoms with Gasteiger partial charge in [0.25, 0.3) is 0 Å². The van der Waals surface area contributed by atoms with Crippen LogP contribution in [0.25, 0.3) is 0 Å². The Morgan fingerprint density at radius 1 is 1.21 bits per heavy atom. The van der Waals surface area contributed by atoms with E-state index in [1.54, 1.807) is 0 Å². The molecule has 1 fully saturated rings. The van der Waals surface area contributed by atoms with Crippen LogP contribution < -0.4 is 5.32 Å². The second-order valence-electron chi connectivity index (χ2n) is 6.84. The van der Waals surface area contributed by atoms with E-state index < -0.39 is 5.41 Å². The van der Waals surface area contributed by atoms with Crippen molar-refractivity contribution in [1.82, 2.24) is 10.2 Å². The highest BCUT2D eigenvalue weighted by atomic mass is 16.3. The van der Waals surface area contributed by atoms with E-state index in [0.29, 0.717) is 6.54 Å². The number of benzene rings is 1. The summed E-state index contributed by atoms with van der Waals surface area (Å²) in [6, 6.07) is 10.1. The maximum atomic E-state index is 12.9. The van der Waals surface area contributed by atoms with E-state index >= 15 is 0 Å². The fourth-order valence-electron chi connectivity index (χ4n) is 3.68. The van der Waals surface area contributed by atoms with Crippen molar-refractivity contribution in [2.75, 3.05) is 26.2 Å². The van der Waals surface area contributed by atoms with Gasteiger partial charge in [-0.25, -0.2) is 0 Å². The third-order valence-electron chi connectivity index (χ3n) is 5.46. The molecule has 0 unspecified atom stereocenters. The molecule has 1 aliphatic heterocycles. The molecule has 0 spiro atoms. The van der Waals surface area contributed by atoms with Gasteiger partial charge in [-0.2, -0.15) is 0 Å². The minimum Gasteiger partial charge on any atom is -0.393 e. The molecule has 134 valence electrons. The summed E-state index contributed by atoms with van der Waals surface area (Å²) in [5.41, 5.74) is 0.689. The normalized spacial score (nSPS) is 17.0. The molecular formula is C20H32N2O2. The fourth-order valence-corrected chi connectivity index (χ4v) is 3.68. The second kappa shape index (κ2) is 9.19. The van der Waals surface area contributed by atoms with E-state index in [2.05, 4.69) is 36.2 Å². The van der Waals surface area contributed by atoms with Crippen LogP contribution in [-0.4, -0.2) is 48.2 Å². The number of amides is 1. The van der Waals surface area contributed by atoms with Gasteiger partial charge < -0.3 is 15.3 Å². The molecule has 2 rings (SSSR count). The van der Waals surface area contributed by atoms with Gasteiger partial charge in [0.05, 0.1) is 11.5 Å². The lowest BCUT2D eigenvalue weighted by Gasteiger charge is -2.32. The van der Waals surface area contributed by atoms with Gasteiger partial charge in [0.1, 0.15) is 0 Å². The third-order valence-corrected chi connectivity index (χ3v) is 5.46. The minimum atomic E-state index is -0.420. The number of carbonyl (C=O) groups is 1. The van der Waals surface area contributed by atoms with Gasteiger partial charge >= 0.3 is 0 Å². The molecule has 1 heterocycles. The van der Waals surface area contributed by atoms with E-state index in [1.807, 2.05) is 18.2 Å². The summed E-state index contributed by atoms with van der Waals surface area (Å²) in [5.74, 6) is 0.146. The molecule has 0 aliphatic carbocycles. The lowest BCUT2D eigenvalue weighted by molar-refractivity contribution is -0.127. The van der Waals surface area contributed by atoms with E-state index in [9.17, 15) is 9.90 Å². The first-order valence-corrected chi connectivity index (χ1v) is 9.36. The number of piperidine rings is 1. The Morgan fingerprint density at radius 2 is 1.83 bits per heavy atom. The van der Waals surface area contributed by atoms with Crippen LogP contribution in [0.3, 0.4) is 0 Å². The molecule has 1 aromatic rings. The molecule has 24 heavy (non-hydrogen) atoms. The lowest BCUT2D eigenvalue weighted by atomic mass is 9.75. The monoisotopic (exact) mass is 332 g/mol. The summed E-state index contributed by atoms with van der Waals surface area (Å²) in [7, 11) is 0. The van der Waals surface area contributed by atoms with Crippen molar-refractivity contribution in [1.29, 1.82) is 0 Å². The summed E-state index contributed by atoms with van der Waals surface area (Å²) in [4.78, 5) is 15.2. The molecule has 0 bridgehead atoms. The van der Waals surface area contributed by atoms with Gasteiger partial charge in [0.2, 0.25) is 5.91 Å². The largest absolute Gasteiger partial charge is 0.393 e. The highest BCUT2D eigenvalue weighted by molar-refractivity contribution is 5.88. The molecule has 0 saturated carbocycles. The van der Waals surface area contributed by atoms with Crippen molar-refractivity contribution < 1.29 is 9.90 Å². The highest BCUT2D eigenvalue weighted by Gasteiger charge is 2.36. The van der Waals surface area contributed by atoms with E-state index in [0.717, 1.165) is 57.3 Å². The Bertz CT molecular complexity index is 492. The van der Waals surface area contributed by atoms with Gasteiger partial charge in [-0.05, 0) is 44.2 Å². The third kappa shape index (κ3) is 4.58. The number of carbonyl (C=O) groups excluding carboxylic acids is 1. The van der Waals surface area contributed by atoms with E-state index in [4.69, 9.17) is 0 Å². The molecule has 0 radical (unpaired) electrons. The van der Waals surface area contributed by atoms with Crippen LogP contribution >= 0.6 is 0 Å². The molecule has 0 atom stereocenters. The van der Waals surface area contributed by atoms with Crippen molar-refractivity contribution in [3.63, 3.8) is 0 Å². The summed E-state index contributed by atoms with van der Waals surface area (Å²) >= 11 is 0. The summed E-state index contributed by atoms with van der Waals surface area (Å²) in [6.45, 7) is 7.82. The van der Waals surface area contributed by atoms with Gasteiger partial charge in [-0.1, -0.05) is 44.2 Å². The summed E-state index contributed by atoms with van der Waals surface area (Å²) < 4.78 is 0.